The van der Waals surface area contributed by atoms with Crippen LogP contribution >= 0.6 is 0 Å². The van der Waals surface area contributed by atoms with Crippen LogP contribution in [0.2, 0.25) is 0 Å². The molecule has 1 atom stereocenters. The number of rotatable bonds is 4. The molecule has 1 saturated carbocycles. The molecule has 34 heavy (non-hydrogen) atoms. The van der Waals surface area contributed by atoms with Crippen molar-refractivity contribution >= 4 is 12.0 Å². The summed E-state index contributed by atoms with van der Waals surface area (Å²) in [6.45, 7) is 10.8. The first-order valence-electron chi connectivity index (χ1n) is 12.5. The maximum absolute atomic E-state index is 13.1. The number of likely N-dealkylation sites (tertiary alicyclic amines) is 1. The molecule has 2 amide bonds. The van der Waals surface area contributed by atoms with E-state index in [1.54, 1.807) is 18.7 Å². The molecule has 1 aromatic rings. The van der Waals surface area contributed by atoms with E-state index in [-0.39, 0.29) is 23.3 Å². The maximum Gasteiger partial charge on any atom is 0.409 e. The van der Waals surface area contributed by atoms with Crippen LogP contribution in [0, 0.1) is 23.2 Å². The van der Waals surface area contributed by atoms with E-state index in [1.807, 2.05) is 24.0 Å². The molecule has 184 valence electrons. The van der Waals surface area contributed by atoms with Crippen molar-refractivity contribution in [3.63, 3.8) is 0 Å². The van der Waals surface area contributed by atoms with Gasteiger partial charge in [-0.05, 0) is 76.2 Å². The number of carbonyl (C=O) groups excluding carboxylic acids is 2. The number of ether oxygens (including phenoxy) is 1. The Kier molecular flexibility index (Phi) is 7.20. The predicted octanol–water partition coefficient (Wildman–Crippen LogP) is 2.71. The normalized spacial score (nSPS) is 22.2. The Hall–Kier alpha value is -2.56. The van der Waals surface area contributed by atoms with Crippen LogP contribution in [-0.2, 0) is 16.1 Å². The number of aliphatic hydroxyl groups is 1. The number of piperidine rings is 1. The summed E-state index contributed by atoms with van der Waals surface area (Å²) in [4.78, 5) is 31.1. The standard InChI is InChI=1S/C27H37N3O4/c1-4-34-25(32)30-17-15-29(16-18-30)24(31)23-19-27(23)11-13-28(14-12-27)20-22-7-5-21(6-8-22)9-10-26(2,3)33/h5-8,23,33H,4,11-20H2,1-3H3/t23-/m0/s1. The van der Waals surface area contributed by atoms with Gasteiger partial charge in [0.25, 0.3) is 0 Å². The molecule has 0 radical (unpaired) electrons. The predicted molar refractivity (Wildman–Crippen MR) is 130 cm³/mol. The van der Waals surface area contributed by atoms with Gasteiger partial charge >= 0.3 is 6.09 Å². The summed E-state index contributed by atoms with van der Waals surface area (Å²) < 4.78 is 5.07. The molecule has 1 N–H and O–H groups in total. The second-order valence-electron chi connectivity index (χ2n) is 10.4. The molecule has 1 spiro atoms. The molecule has 1 aliphatic carbocycles. The van der Waals surface area contributed by atoms with Crippen molar-refractivity contribution in [2.75, 3.05) is 45.9 Å². The zero-order valence-electron chi connectivity index (χ0n) is 20.7. The van der Waals surface area contributed by atoms with Gasteiger partial charge in [0.15, 0.2) is 0 Å². The van der Waals surface area contributed by atoms with Crippen molar-refractivity contribution in [2.24, 2.45) is 11.3 Å². The third-order valence-electron chi connectivity index (χ3n) is 7.33. The van der Waals surface area contributed by atoms with E-state index < -0.39 is 5.60 Å². The average molecular weight is 468 g/mol. The number of piperazine rings is 1. The van der Waals surface area contributed by atoms with E-state index in [4.69, 9.17) is 4.74 Å². The van der Waals surface area contributed by atoms with Gasteiger partial charge in [0, 0.05) is 44.2 Å². The molecule has 7 nitrogen and oxygen atoms in total. The maximum atomic E-state index is 13.1. The Morgan fingerprint density at radius 1 is 1.06 bits per heavy atom. The van der Waals surface area contributed by atoms with Crippen LogP contribution in [0.5, 0.6) is 0 Å². The van der Waals surface area contributed by atoms with E-state index in [0.29, 0.717) is 32.8 Å². The zero-order chi connectivity index (χ0) is 24.3. The fraction of sp³-hybridized carbons (Fsp3) is 0.630. The number of nitrogens with zero attached hydrogens (tertiary/aromatic N) is 3. The lowest BCUT2D eigenvalue weighted by Gasteiger charge is -2.36. The van der Waals surface area contributed by atoms with E-state index >= 15 is 0 Å². The first-order valence-corrected chi connectivity index (χ1v) is 12.5. The molecule has 3 fully saturated rings. The summed E-state index contributed by atoms with van der Waals surface area (Å²) in [5, 5.41) is 9.75. The highest BCUT2D eigenvalue weighted by atomic mass is 16.6. The second kappa shape index (κ2) is 9.97. The molecule has 1 aromatic carbocycles. The summed E-state index contributed by atoms with van der Waals surface area (Å²) in [6, 6.07) is 8.24. The summed E-state index contributed by atoms with van der Waals surface area (Å²) in [5.74, 6) is 6.29. The van der Waals surface area contributed by atoms with Gasteiger partial charge in [0.05, 0.1) is 6.61 Å². The Balaban J connectivity index is 1.22. The zero-order valence-corrected chi connectivity index (χ0v) is 20.7. The van der Waals surface area contributed by atoms with Crippen LogP contribution in [0.1, 0.15) is 51.2 Å². The first kappa shape index (κ1) is 24.6. The van der Waals surface area contributed by atoms with Crippen molar-refractivity contribution in [3.05, 3.63) is 35.4 Å². The molecule has 0 unspecified atom stereocenters. The SMILES string of the molecule is CCOC(=O)N1CCN(C(=O)[C@@H]2CC23CCN(Cc2ccc(C#CC(C)(C)O)cc2)CC3)CC1. The van der Waals surface area contributed by atoms with E-state index in [1.165, 1.54) is 5.56 Å². The van der Waals surface area contributed by atoms with Crippen LogP contribution in [0.3, 0.4) is 0 Å². The number of carbonyl (C=O) groups is 2. The lowest BCUT2D eigenvalue weighted by atomic mass is 9.90. The van der Waals surface area contributed by atoms with Crippen molar-refractivity contribution in [1.82, 2.24) is 14.7 Å². The van der Waals surface area contributed by atoms with Crippen LogP contribution in [0.4, 0.5) is 4.79 Å². The number of hydrogen-bond donors (Lipinski definition) is 1. The minimum absolute atomic E-state index is 0.150. The van der Waals surface area contributed by atoms with Crippen molar-refractivity contribution in [1.29, 1.82) is 0 Å². The average Bonchev–Trinajstić information content (AvgIpc) is 3.53. The van der Waals surface area contributed by atoms with Gasteiger partial charge in [0.1, 0.15) is 5.60 Å². The molecule has 2 aliphatic heterocycles. The van der Waals surface area contributed by atoms with Crippen LogP contribution in [-0.4, -0.2) is 83.3 Å². The van der Waals surface area contributed by atoms with Crippen molar-refractivity contribution in [2.45, 2.75) is 52.2 Å². The Morgan fingerprint density at radius 2 is 1.68 bits per heavy atom. The van der Waals surface area contributed by atoms with Crippen molar-refractivity contribution in [3.8, 4) is 11.8 Å². The van der Waals surface area contributed by atoms with Gasteiger partial charge in [-0.25, -0.2) is 4.79 Å². The molecule has 2 saturated heterocycles. The summed E-state index contributed by atoms with van der Waals surface area (Å²) in [7, 11) is 0. The van der Waals surface area contributed by atoms with Gasteiger partial charge in [0.2, 0.25) is 5.91 Å². The molecule has 3 aliphatic rings. The molecule has 0 aromatic heterocycles. The molecule has 2 heterocycles. The van der Waals surface area contributed by atoms with Gasteiger partial charge in [-0.15, -0.1) is 0 Å². The molecule has 4 rings (SSSR count). The van der Waals surface area contributed by atoms with Crippen molar-refractivity contribution < 1.29 is 19.4 Å². The minimum Gasteiger partial charge on any atom is -0.450 e. The van der Waals surface area contributed by atoms with Gasteiger partial charge in [-0.3, -0.25) is 9.69 Å². The Morgan fingerprint density at radius 3 is 2.26 bits per heavy atom. The molecule has 7 heteroatoms. The topological polar surface area (TPSA) is 73.3 Å². The third kappa shape index (κ3) is 5.92. The largest absolute Gasteiger partial charge is 0.450 e. The lowest BCUT2D eigenvalue weighted by molar-refractivity contribution is -0.135. The third-order valence-corrected chi connectivity index (χ3v) is 7.33. The van der Waals surface area contributed by atoms with E-state index in [2.05, 4.69) is 28.9 Å². The number of amides is 2. The van der Waals surface area contributed by atoms with Gasteiger partial charge in [-0.1, -0.05) is 24.0 Å². The number of benzene rings is 1. The Labute approximate surface area is 203 Å². The van der Waals surface area contributed by atoms with Crippen LogP contribution < -0.4 is 0 Å². The van der Waals surface area contributed by atoms with Gasteiger partial charge in [-0.2, -0.15) is 0 Å². The fourth-order valence-corrected chi connectivity index (χ4v) is 5.13. The Bertz CT molecular complexity index is 941. The minimum atomic E-state index is -0.985. The highest BCUT2D eigenvalue weighted by Gasteiger charge is 2.59. The lowest BCUT2D eigenvalue weighted by Crippen LogP contribution is -2.51. The highest BCUT2D eigenvalue weighted by molar-refractivity contribution is 5.83. The number of hydrogen-bond acceptors (Lipinski definition) is 5. The molecular weight excluding hydrogens is 430 g/mol. The fourth-order valence-electron chi connectivity index (χ4n) is 5.13. The van der Waals surface area contributed by atoms with E-state index in [0.717, 1.165) is 44.5 Å². The molecular formula is C27H37N3O4. The highest BCUT2D eigenvalue weighted by Crippen LogP contribution is 2.60. The van der Waals surface area contributed by atoms with Crippen LogP contribution in [0.25, 0.3) is 0 Å². The quantitative estimate of drug-likeness (QED) is 0.690. The molecule has 0 bridgehead atoms. The first-order chi connectivity index (χ1) is 16.2. The van der Waals surface area contributed by atoms with Gasteiger partial charge < -0.3 is 19.6 Å². The second-order valence-corrected chi connectivity index (χ2v) is 10.4. The smallest absolute Gasteiger partial charge is 0.409 e. The van der Waals surface area contributed by atoms with Crippen LogP contribution in [0.15, 0.2) is 24.3 Å². The summed E-state index contributed by atoms with van der Waals surface area (Å²) in [5.41, 5.74) is 1.36. The van der Waals surface area contributed by atoms with E-state index in [9.17, 15) is 14.7 Å². The summed E-state index contributed by atoms with van der Waals surface area (Å²) >= 11 is 0. The monoisotopic (exact) mass is 467 g/mol. The summed E-state index contributed by atoms with van der Waals surface area (Å²) in [6.07, 6.45) is 2.87.